The molecule has 0 amide bonds. The highest BCUT2D eigenvalue weighted by molar-refractivity contribution is 6.99. The summed E-state index contributed by atoms with van der Waals surface area (Å²) in [6.45, 7) is 4.54. The van der Waals surface area contributed by atoms with Crippen molar-refractivity contribution >= 4 is 33.2 Å². The summed E-state index contributed by atoms with van der Waals surface area (Å²) in [5, 5.41) is 5.28. The summed E-state index contributed by atoms with van der Waals surface area (Å²) in [6, 6.07) is 33.5. The van der Waals surface area contributed by atoms with E-state index in [1.54, 1.807) is 0 Å². The molecular formula is C24H26Si2. The molecule has 0 saturated heterocycles. The minimum atomic E-state index is -0.863. The molecule has 26 heavy (non-hydrogen) atoms. The van der Waals surface area contributed by atoms with Gasteiger partial charge in [0.05, 0.1) is 0 Å². The molecule has 0 bridgehead atoms. The third kappa shape index (κ3) is 4.32. The molecular weight excluding hydrogens is 344 g/mol. The zero-order valence-corrected chi connectivity index (χ0v) is 17.6. The first-order chi connectivity index (χ1) is 12.8. The van der Waals surface area contributed by atoms with Gasteiger partial charge in [-0.15, -0.1) is 0 Å². The lowest BCUT2D eigenvalue weighted by Gasteiger charge is -2.30. The van der Waals surface area contributed by atoms with E-state index in [9.17, 15) is 0 Å². The van der Waals surface area contributed by atoms with Crippen molar-refractivity contribution in [3.8, 4) is 0 Å². The zero-order chi connectivity index (χ0) is 18.2. The van der Waals surface area contributed by atoms with Crippen molar-refractivity contribution in [2.45, 2.75) is 25.4 Å². The summed E-state index contributed by atoms with van der Waals surface area (Å²) in [5.41, 5.74) is 2.50. The van der Waals surface area contributed by atoms with Crippen LogP contribution in [0.3, 0.4) is 0 Å². The fourth-order valence-corrected chi connectivity index (χ4v) is 11.5. The fraction of sp³-hybridized carbons (Fsp3) is 0.167. The summed E-state index contributed by atoms with van der Waals surface area (Å²) >= 11 is 0. The van der Waals surface area contributed by atoms with Crippen molar-refractivity contribution in [1.82, 2.24) is 0 Å². The zero-order valence-electron chi connectivity index (χ0n) is 15.6. The first-order valence-electron chi connectivity index (χ1n) is 9.37. The second kappa shape index (κ2) is 9.51. The van der Waals surface area contributed by atoms with Gasteiger partial charge in [-0.1, -0.05) is 132 Å². The molecule has 0 nitrogen and oxygen atoms in total. The van der Waals surface area contributed by atoms with Crippen molar-refractivity contribution in [3.63, 3.8) is 0 Å². The maximum Gasteiger partial charge on any atom is 0.122 e. The highest BCUT2D eigenvalue weighted by atomic mass is 28.3. The molecule has 0 aliphatic rings. The second-order valence-corrected chi connectivity index (χ2v) is 12.2. The molecule has 0 heterocycles. The standard InChI is InChI=1S/C24H26Si2/c1-3-20-25(21-14-8-5-9-15-21)24(4-2)26(22-16-10-6-11-17-22)23-18-12-7-13-19-23/h3,5-20,24H,4H2,1-2H3/b20-3+/t24-/m1/s1. The third-order valence-electron chi connectivity index (χ3n) is 4.76. The van der Waals surface area contributed by atoms with Gasteiger partial charge in [-0.3, -0.25) is 0 Å². The maximum atomic E-state index is 2.50. The lowest BCUT2D eigenvalue weighted by molar-refractivity contribution is 0.996. The van der Waals surface area contributed by atoms with Gasteiger partial charge in [-0.2, -0.15) is 0 Å². The minimum Gasteiger partial charge on any atom is -0.0957 e. The van der Waals surface area contributed by atoms with Crippen molar-refractivity contribution in [3.05, 3.63) is 103 Å². The van der Waals surface area contributed by atoms with E-state index in [0.29, 0.717) is 5.16 Å². The van der Waals surface area contributed by atoms with E-state index >= 15 is 0 Å². The average Bonchev–Trinajstić information content (AvgIpc) is 2.72. The van der Waals surface area contributed by atoms with E-state index in [0.717, 1.165) is 0 Å². The van der Waals surface area contributed by atoms with Gasteiger partial charge < -0.3 is 0 Å². The normalized spacial score (nSPS) is 12.8. The summed E-state index contributed by atoms with van der Waals surface area (Å²) in [6.07, 6.45) is 3.48. The van der Waals surface area contributed by atoms with Gasteiger partial charge in [0.25, 0.3) is 0 Å². The van der Waals surface area contributed by atoms with Crippen molar-refractivity contribution in [2.75, 3.05) is 0 Å². The summed E-state index contributed by atoms with van der Waals surface area (Å²) in [5.74, 6) is 0. The molecule has 1 atom stereocenters. The van der Waals surface area contributed by atoms with Crippen molar-refractivity contribution in [1.29, 1.82) is 0 Å². The van der Waals surface area contributed by atoms with E-state index in [1.165, 1.54) is 22.0 Å². The molecule has 3 rings (SSSR count). The molecule has 0 N–H and O–H groups in total. The van der Waals surface area contributed by atoms with E-state index in [1.807, 2.05) is 0 Å². The van der Waals surface area contributed by atoms with Gasteiger partial charge in [0.15, 0.2) is 0 Å². The summed E-state index contributed by atoms with van der Waals surface area (Å²) in [4.78, 5) is 0. The van der Waals surface area contributed by atoms with Crippen LogP contribution in [-0.2, 0) is 0 Å². The van der Waals surface area contributed by atoms with E-state index in [2.05, 4.69) is 117 Å². The smallest absolute Gasteiger partial charge is 0.0957 e. The molecule has 3 aromatic rings. The highest BCUT2D eigenvalue weighted by Crippen LogP contribution is 2.21. The molecule has 2 heteroatoms. The molecule has 2 radical (unpaired) electrons. The lowest BCUT2D eigenvalue weighted by Crippen LogP contribution is -2.53. The fourth-order valence-electron chi connectivity index (χ4n) is 3.61. The Morgan fingerprint density at radius 1 is 0.692 bits per heavy atom. The van der Waals surface area contributed by atoms with Crippen molar-refractivity contribution < 1.29 is 0 Å². The van der Waals surface area contributed by atoms with Crippen LogP contribution in [0.25, 0.3) is 0 Å². The number of benzene rings is 3. The first-order valence-corrected chi connectivity index (χ1v) is 12.6. The molecule has 0 spiro atoms. The van der Waals surface area contributed by atoms with E-state index in [4.69, 9.17) is 0 Å². The van der Waals surface area contributed by atoms with Crippen LogP contribution in [0.2, 0.25) is 5.16 Å². The van der Waals surface area contributed by atoms with Crippen LogP contribution in [0.4, 0.5) is 0 Å². The SMILES string of the molecule is C/C=C/[Si](c1ccccc1)[C@@H](CC)[Si](c1ccccc1)c1ccccc1. The Labute approximate surface area is 161 Å². The first kappa shape index (κ1) is 18.6. The molecule has 0 fully saturated rings. The number of hydrogen-bond acceptors (Lipinski definition) is 0. The monoisotopic (exact) mass is 370 g/mol. The largest absolute Gasteiger partial charge is 0.122 e. The molecule has 0 aliphatic carbocycles. The predicted octanol–water partition coefficient (Wildman–Crippen LogP) is 4.13. The van der Waals surface area contributed by atoms with Gasteiger partial charge in [-0.25, -0.2) is 0 Å². The topological polar surface area (TPSA) is 0 Å². The van der Waals surface area contributed by atoms with Crippen LogP contribution < -0.4 is 15.6 Å². The Morgan fingerprint density at radius 2 is 1.12 bits per heavy atom. The summed E-state index contributed by atoms with van der Waals surface area (Å²) < 4.78 is 0. The van der Waals surface area contributed by atoms with Gasteiger partial charge in [-0.05, 0) is 12.1 Å². The average molecular weight is 371 g/mol. The Balaban J connectivity index is 2.10. The van der Waals surface area contributed by atoms with Crippen LogP contribution in [0.15, 0.2) is 103 Å². The van der Waals surface area contributed by atoms with Crippen LogP contribution >= 0.6 is 0 Å². The Bertz CT molecular complexity index is 758. The quantitative estimate of drug-likeness (QED) is 0.549. The van der Waals surface area contributed by atoms with E-state index in [-0.39, 0.29) is 0 Å². The lowest BCUT2D eigenvalue weighted by atomic mass is 10.4. The van der Waals surface area contributed by atoms with Crippen molar-refractivity contribution in [2.24, 2.45) is 0 Å². The van der Waals surface area contributed by atoms with Crippen LogP contribution in [0.5, 0.6) is 0 Å². The van der Waals surface area contributed by atoms with Crippen LogP contribution in [0.1, 0.15) is 20.3 Å². The molecule has 130 valence electrons. The van der Waals surface area contributed by atoms with Gasteiger partial charge in [0.2, 0.25) is 0 Å². The van der Waals surface area contributed by atoms with Gasteiger partial charge >= 0.3 is 0 Å². The Kier molecular flexibility index (Phi) is 6.81. The highest BCUT2D eigenvalue weighted by Gasteiger charge is 2.33. The number of allylic oxidation sites excluding steroid dienone is 1. The minimum absolute atomic E-state index is 0.702. The van der Waals surface area contributed by atoms with Crippen LogP contribution in [0, 0.1) is 0 Å². The molecule has 3 aromatic carbocycles. The molecule has 0 unspecified atom stereocenters. The van der Waals surface area contributed by atoms with Gasteiger partial charge in [0.1, 0.15) is 17.6 Å². The maximum absolute atomic E-state index is 2.50. The predicted molar refractivity (Wildman–Crippen MR) is 119 cm³/mol. The van der Waals surface area contributed by atoms with Crippen LogP contribution in [-0.4, -0.2) is 17.6 Å². The van der Waals surface area contributed by atoms with E-state index < -0.39 is 17.6 Å². The number of rotatable bonds is 7. The summed E-state index contributed by atoms with van der Waals surface area (Å²) in [7, 11) is -1.65. The molecule has 0 aliphatic heterocycles. The molecule has 0 saturated carbocycles. The Hall–Kier alpha value is -2.17. The third-order valence-corrected chi connectivity index (χ3v) is 12.4. The van der Waals surface area contributed by atoms with Gasteiger partial charge in [0, 0.05) is 0 Å². The Morgan fingerprint density at radius 3 is 1.50 bits per heavy atom. The number of hydrogen-bond donors (Lipinski definition) is 0. The second-order valence-electron chi connectivity index (χ2n) is 6.43. The molecule has 0 aromatic heterocycles.